The maximum atomic E-state index is 13.2. The number of aryl methyl sites for hydroxylation is 1. The van der Waals surface area contributed by atoms with E-state index in [0.717, 1.165) is 67.5 Å². The minimum atomic E-state index is 0.0886. The van der Waals surface area contributed by atoms with Crippen molar-refractivity contribution < 1.29 is 9.53 Å². The van der Waals surface area contributed by atoms with Crippen LogP contribution in [0.15, 0.2) is 36.4 Å². The Morgan fingerprint density at radius 3 is 2.50 bits per heavy atom. The zero-order chi connectivity index (χ0) is 22.1. The SMILES string of the molecule is COc1ccc(CN2CCC(c3nc(C)ccc3C(=O)NC3CC4CCC3C4)CC2)cc1. The van der Waals surface area contributed by atoms with Crippen molar-refractivity contribution in [3.8, 4) is 5.75 Å². The highest BCUT2D eigenvalue weighted by Gasteiger charge is 2.40. The van der Waals surface area contributed by atoms with Gasteiger partial charge in [0.05, 0.1) is 18.4 Å². The van der Waals surface area contributed by atoms with Gasteiger partial charge in [0.15, 0.2) is 0 Å². The Hall–Kier alpha value is -2.40. The predicted molar refractivity (Wildman–Crippen MR) is 126 cm³/mol. The first-order valence-electron chi connectivity index (χ1n) is 12.2. The van der Waals surface area contributed by atoms with Gasteiger partial charge < -0.3 is 10.1 Å². The van der Waals surface area contributed by atoms with Crippen molar-refractivity contribution in [2.24, 2.45) is 11.8 Å². The van der Waals surface area contributed by atoms with Gasteiger partial charge in [0.25, 0.3) is 5.91 Å². The number of hydrogen-bond donors (Lipinski definition) is 1. The number of methoxy groups -OCH3 is 1. The highest BCUT2D eigenvalue weighted by atomic mass is 16.5. The Balaban J connectivity index is 1.23. The average molecular weight is 434 g/mol. The van der Waals surface area contributed by atoms with Crippen LogP contribution < -0.4 is 10.1 Å². The molecule has 170 valence electrons. The lowest BCUT2D eigenvalue weighted by molar-refractivity contribution is 0.0920. The van der Waals surface area contributed by atoms with Crippen LogP contribution in [0.3, 0.4) is 0 Å². The van der Waals surface area contributed by atoms with Gasteiger partial charge in [-0.2, -0.15) is 0 Å². The zero-order valence-electron chi connectivity index (χ0n) is 19.3. The first kappa shape index (κ1) is 21.4. The summed E-state index contributed by atoms with van der Waals surface area (Å²) in [6.07, 6.45) is 7.18. The van der Waals surface area contributed by atoms with E-state index in [1.54, 1.807) is 7.11 Å². The Labute approximate surface area is 191 Å². The van der Waals surface area contributed by atoms with Gasteiger partial charge in [-0.25, -0.2) is 0 Å². The number of fused-ring (bicyclic) bond motifs is 2. The van der Waals surface area contributed by atoms with Crippen LogP contribution in [0.5, 0.6) is 5.75 Å². The number of ether oxygens (including phenoxy) is 1. The number of carbonyl (C=O) groups excluding carboxylic acids is 1. The number of piperidine rings is 1. The fourth-order valence-corrected chi connectivity index (χ4v) is 6.10. The zero-order valence-corrected chi connectivity index (χ0v) is 19.3. The van der Waals surface area contributed by atoms with Crippen molar-refractivity contribution in [3.05, 3.63) is 58.9 Å². The molecule has 0 spiro atoms. The average Bonchev–Trinajstić information content (AvgIpc) is 3.43. The van der Waals surface area contributed by atoms with E-state index in [9.17, 15) is 4.79 Å². The van der Waals surface area contributed by atoms with Gasteiger partial charge in [-0.05, 0) is 93.8 Å². The Morgan fingerprint density at radius 1 is 1.06 bits per heavy atom. The van der Waals surface area contributed by atoms with Crippen LogP contribution in [0.25, 0.3) is 0 Å². The minimum Gasteiger partial charge on any atom is -0.497 e. The molecular formula is C27H35N3O2. The van der Waals surface area contributed by atoms with Crippen LogP contribution in [-0.4, -0.2) is 42.0 Å². The third-order valence-corrected chi connectivity index (χ3v) is 7.90. The molecule has 2 heterocycles. The number of amides is 1. The molecular weight excluding hydrogens is 398 g/mol. The summed E-state index contributed by atoms with van der Waals surface area (Å²) < 4.78 is 5.27. The van der Waals surface area contributed by atoms with E-state index in [0.29, 0.717) is 17.9 Å². The number of likely N-dealkylation sites (tertiary alicyclic amines) is 1. The minimum absolute atomic E-state index is 0.0886. The number of hydrogen-bond acceptors (Lipinski definition) is 4. The van der Waals surface area contributed by atoms with E-state index in [1.807, 2.05) is 31.2 Å². The number of carbonyl (C=O) groups is 1. The Kier molecular flexibility index (Phi) is 6.18. The lowest BCUT2D eigenvalue weighted by Gasteiger charge is -2.32. The molecule has 1 aromatic heterocycles. The molecule has 1 N–H and O–H groups in total. The highest BCUT2D eigenvalue weighted by Crippen LogP contribution is 2.44. The van der Waals surface area contributed by atoms with Crippen LogP contribution >= 0.6 is 0 Å². The van der Waals surface area contributed by atoms with Crippen molar-refractivity contribution in [3.63, 3.8) is 0 Å². The highest BCUT2D eigenvalue weighted by molar-refractivity contribution is 5.95. The Bertz CT molecular complexity index is 950. The number of aromatic nitrogens is 1. The molecule has 1 amide bonds. The molecule has 5 rings (SSSR count). The first-order valence-corrected chi connectivity index (χ1v) is 12.2. The maximum absolute atomic E-state index is 13.2. The molecule has 32 heavy (non-hydrogen) atoms. The topological polar surface area (TPSA) is 54.5 Å². The number of rotatable bonds is 6. The van der Waals surface area contributed by atoms with Gasteiger partial charge in [-0.1, -0.05) is 18.6 Å². The maximum Gasteiger partial charge on any atom is 0.253 e. The van der Waals surface area contributed by atoms with E-state index in [2.05, 4.69) is 22.3 Å². The molecule has 2 aliphatic carbocycles. The van der Waals surface area contributed by atoms with E-state index >= 15 is 0 Å². The van der Waals surface area contributed by atoms with Crippen molar-refractivity contribution >= 4 is 5.91 Å². The van der Waals surface area contributed by atoms with E-state index in [1.165, 1.54) is 24.8 Å². The fraction of sp³-hybridized carbons (Fsp3) is 0.556. The van der Waals surface area contributed by atoms with E-state index in [-0.39, 0.29) is 5.91 Å². The summed E-state index contributed by atoms with van der Waals surface area (Å²) in [6, 6.07) is 12.7. The molecule has 1 aromatic carbocycles. The van der Waals surface area contributed by atoms with E-state index in [4.69, 9.17) is 9.72 Å². The molecule has 2 bridgehead atoms. The molecule has 1 aliphatic heterocycles. The molecule has 3 fully saturated rings. The van der Waals surface area contributed by atoms with Crippen molar-refractivity contribution in [2.75, 3.05) is 20.2 Å². The summed E-state index contributed by atoms with van der Waals surface area (Å²) in [5.41, 5.74) is 4.11. The number of pyridine rings is 1. The normalized spacial score (nSPS) is 25.8. The third kappa shape index (κ3) is 4.54. The van der Waals surface area contributed by atoms with Gasteiger partial charge in [-0.3, -0.25) is 14.7 Å². The molecule has 2 aromatic rings. The molecule has 2 saturated carbocycles. The Morgan fingerprint density at radius 2 is 1.84 bits per heavy atom. The lowest BCUT2D eigenvalue weighted by atomic mass is 9.89. The second kappa shape index (κ2) is 9.22. The molecule has 0 radical (unpaired) electrons. The van der Waals surface area contributed by atoms with Gasteiger partial charge in [0, 0.05) is 24.2 Å². The van der Waals surface area contributed by atoms with Gasteiger partial charge in [0.1, 0.15) is 5.75 Å². The van der Waals surface area contributed by atoms with Crippen molar-refractivity contribution in [1.29, 1.82) is 0 Å². The van der Waals surface area contributed by atoms with Crippen LogP contribution in [0, 0.1) is 18.8 Å². The lowest BCUT2D eigenvalue weighted by Crippen LogP contribution is -2.39. The van der Waals surface area contributed by atoms with Crippen LogP contribution in [0.2, 0.25) is 0 Å². The summed E-state index contributed by atoms with van der Waals surface area (Å²) in [5.74, 6) is 2.85. The van der Waals surface area contributed by atoms with Gasteiger partial charge >= 0.3 is 0 Å². The number of nitrogens with one attached hydrogen (secondary N) is 1. The van der Waals surface area contributed by atoms with Crippen molar-refractivity contribution in [1.82, 2.24) is 15.2 Å². The molecule has 5 nitrogen and oxygen atoms in total. The standard InChI is InChI=1S/C27H35N3O2/c1-18-3-10-24(27(31)29-25-16-20-4-7-22(25)15-20)26(28-18)21-11-13-30(14-12-21)17-19-5-8-23(32-2)9-6-19/h3,5-6,8-10,20-22,25H,4,7,11-17H2,1-2H3,(H,29,31). The molecule has 3 aliphatic rings. The van der Waals surface area contributed by atoms with Crippen molar-refractivity contribution in [2.45, 2.75) is 64.0 Å². The van der Waals surface area contributed by atoms with Crippen LogP contribution in [0.4, 0.5) is 0 Å². The quantitative estimate of drug-likeness (QED) is 0.718. The smallest absolute Gasteiger partial charge is 0.253 e. The number of nitrogens with zero attached hydrogens (tertiary/aromatic N) is 2. The third-order valence-electron chi connectivity index (χ3n) is 7.90. The number of benzene rings is 1. The van der Waals surface area contributed by atoms with Crippen LogP contribution in [0.1, 0.15) is 71.8 Å². The fourth-order valence-electron chi connectivity index (χ4n) is 6.10. The second-order valence-electron chi connectivity index (χ2n) is 10.0. The summed E-state index contributed by atoms with van der Waals surface area (Å²) in [6.45, 7) is 5.04. The summed E-state index contributed by atoms with van der Waals surface area (Å²) in [7, 11) is 1.70. The summed E-state index contributed by atoms with van der Waals surface area (Å²) in [4.78, 5) is 20.6. The molecule has 3 unspecified atom stereocenters. The molecule has 3 atom stereocenters. The van der Waals surface area contributed by atoms with E-state index < -0.39 is 0 Å². The monoisotopic (exact) mass is 433 g/mol. The molecule has 1 saturated heterocycles. The largest absolute Gasteiger partial charge is 0.497 e. The van der Waals surface area contributed by atoms with Crippen LogP contribution in [-0.2, 0) is 6.54 Å². The summed E-state index contributed by atoms with van der Waals surface area (Å²) in [5, 5.41) is 3.38. The first-order chi connectivity index (χ1) is 15.6. The second-order valence-corrected chi connectivity index (χ2v) is 10.0. The summed E-state index contributed by atoms with van der Waals surface area (Å²) >= 11 is 0. The van der Waals surface area contributed by atoms with Gasteiger partial charge in [0.2, 0.25) is 0 Å². The predicted octanol–water partition coefficient (Wildman–Crippen LogP) is 4.70. The van der Waals surface area contributed by atoms with Gasteiger partial charge in [-0.15, -0.1) is 0 Å². The molecule has 5 heteroatoms.